The first-order valence-corrected chi connectivity index (χ1v) is 9.74. The van der Waals surface area contributed by atoms with Crippen LogP contribution in [0.15, 0.2) is 41.4 Å². The summed E-state index contributed by atoms with van der Waals surface area (Å²) in [6.45, 7) is 4.07. The van der Waals surface area contributed by atoms with Gasteiger partial charge in [0.2, 0.25) is 10.0 Å². The summed E-state index contributed by atoms with van der Waals surface area (Å²) in [6.07, 6.45) is 3.67. The first kappa shape index (κ1) is 17.0. The van der Waals surface area contributed by atoms with Gasteiger partial charge in [-0.3, -0.25) is 4.68 Å². The van der Waals surface area contributed by atoms with Crippen LogP contribution in [0.5, 0.6) is 0 Å². The van der Waals surface area contributed by atoms with Crippen molar-refractivity contribution >= 4 is 15.7 Å². The number of nitrogens with one attached hydrogen (secondary N) is 1. The summed E-state index contributed by atoms with van der Waals surface area (Å²) in [7, 11) is -1.78. The molecule has 1 aromatic heterocycles. The molecular formula is C17H24N4O2S. The molecule has 3 rings (SSSR count). The molecule has 130 valence electrons. The number of sulfonamides is 1. The predicted molar refractivity (Wildman–Crippen MR) is 94.5 cm³/mol. The molecule has 24 heavy (non-hydrogen) atoms. The van der Waals surface area contributed by atoms with Crippen LogP contribution in [0.25, 0.3) is 0 Å². The molecule has 0 spiro atoms. The Balaban J connectivity index is 1.63. The van der Waals surface area contributed by atoms with E-state index in [0.717, 1.165) is 25.9 Å². The highest BCUT2D eigenvalue weighted by Gasteiger charge is 2.24. The lowest BCUT2D eigenvalue weighted by atomic mass is 9.98. The van der Waals surface area contributed by atoms with Crippen molar-refractivity contribution < 1.29 is 8.42 Å². The van der Waals surface area contributed by atoms with Crippen molar-refractivity contribution in [3.63, 3.8) is 0 Å². The fourth-order valence-corrected chi connectivity index (χ4v) is 4.58. The van der Waals surface area contributed by atoms with E-state index in [0.29, 0.717) is 18.2 Å². The molecule has 6 nitrogen and oxygen atoms in total. The topological polar surface area (TPSA) is 67.2 Å². The Labute approximate surface area is 143 Å². The van der Waals surface area contributed by atoms with Gasteiger partial charge in [-0.2, -0.15) is 5.10 Å². The molecule has 1 saturated heterocycles. The molecule has 1 atom stereocenters. The van der Waals surface area contributed by atoms with Crippen molar-refractivity contribution in [2.24, 2.45) is 13.0 Å². The van der Waals surface area contributed by atoms with Gasteiger partial charge in [0.1, 0.15) is 4.90 Å². The molecule has 1 aromatic carbocycles. The van der Waals surface area contributed by atoms with Crippen LogP contribution in [0.1, 0.15) is 18.5 Å². The molecule has 0 saturated carbocycles. The molecule has 0 aliphatic carbocycles. The smallest absolute Gasteiger partial charge is 0.243 e. The molecule has 7 heteroatoms. The fourth-order valence-electron chi connectivity index (χ4n) is 3.25. The highest BCUT2D eigenvalue weighted by molar-refractivity contribution is 7.89. The largest absolute Gasteiger partial charge is 0.371 e. The Morgan fingerprint density at radius 1 is 1.29 bits per heavy atom. The summed E-state index contributed by atoms with van der Waals surface area (Å²) >= 11 is 0. The Kier molecular flexibility index (Phi) is 4.91. The van der Waals surface area contributed by atoms with Crippen LogP contribution in [0, 0.1) is 12.8 Å². The summed E-state index contributed by atoms with van der Waals surface area (Å²) in [5, 5.41) is 4.11. The highest BCUT2D eigenvalue weighted by Crippen LogP contribution is 2.23. The van der Waals surface area contributed by atoms with E-state index < -0.39 is 10.0 Å². The number of rotatable bonds is 5. The number of anilines is 1. The fraction of sp³-hybridized carbons (Fsp3) is 0.471. The van der Waals surface area contributed by atoms with Crippen molar-refractivity contribution in [3.05, 3.63) is 42.2 Å². The van der Waals surface area contributed by atoms with Gasteiger partial charge in [0.05, 0.1) is 5.69 Å². The zero-order chi connectivity index (χ0) is 17.2. The van der Waals surface area contributed by atoms with Crippen LogP contribution in [0.4, 0.5) is 5.69 Å². The molecular weight excluding hydrogens is 324 g/mol. The van der Waals surface area contributed by atoms with Gasteiger partial charge in [0, 0.05) is 38.6 Å². The molecule has 1 fully saturated rings. The average Bonchev–Trinajstić information content (AvgIpc) is 2.93. The average molecular weight is 348 g/mol. The van der Waals surface area contributed by atoms with Crippen molar-refractivity contribution in [2.45, 2.75) is 24.7 Å². The number of hydrogen-bond donors (Lipinski definition) is 1. The summed E-state index contributed by atoms with van der Waals surface area (Å²) in [5.74, 6) is 0.311. The number of nitrogens with zero attached hydrogens (tertiary/aromatic N) is 3. The summed E-state index contributed by atoms with van der Waals surface area (Å²) in [5.41, 5.74) is 1.73. The van der Waals surface area contributed by atoms with Gasteiger partial charge in [0.25, 0.3) is 0 Å². The minimum absolute atomic E-state index is 0.265. The highest BCUT2D eigenvalue weighted by atomic mass is 32.2. The summed E-state index contributed by atoms with van der Waals surface area (Å²) < 4.78 is 29.3. The summed E-state index contributed by atoms with van der Waals surface area (Å²) in [6, 6.07) is 10.3. The predicted octanol–water partition coefficient (Wildman–Crippen LogP) is 1.92. The zero-order valence-electron chi connectivity index (χ0n) is 14.1. The minimum Gasteiger partial charge on any atom is -0.371 e. The Morgan fingerprint density at radius 2 is 2.04 bits per heavy atom. The van der Waals surface area contributed by atoms with Crippen LogP contribution in [0.2, 0.25) is 0 Å². The lowest BCUT2D eigenvalue weighted by Crippen LogP contribution is -2.41. The molecule has 1 aliphatic heterocycles. The van der Waals surface area contributed by atoms with Crippen molar-refractivity contribution in [3.8, 4) is 0 Å². The van der Waals surface area contributed by atoms with Crippen molar-refractivity contribution in [2.75, 3.05) is 24.5 Å². The van der Waals surface area contributed by atoms with E-state index in [1.165, 1.54) is 10.4 Å². The van der Waals surface area contributed by atoms with Crippen LogP contribution in [-0.4, -0.2) is 37.8 Å². The Hall–Kier alpha value is -1.86. The molecule has 0 radical (unpaired) electrons. The van der Waals surface area contributed by atoms with Crippen LogP contribution in [0.3, 0.4) is 0 Å². The zero-order valence-corrected chi connectivity index (χ0v) is 15.0. The van der Waals surface area contributed by atoms with Gasteiger partial charge < -0.3 is 4.90 Å². The lowest BCUT2D eigenvalue weighted by molar-refractivity contribution is 0.411. The number of hydrogen-bond acceptors (Lipinski definition) is 4. The molecule has 0 bridgehead atoms. The number of benzene rings is 1. The van der Waals surface area contributed by atoms with E-state index in [-0.39, 0.29) is 4.90 Å². The van der Waals surface area contributed by atoms with Gasteiger partial charge in [-0.15, -0.1) is 0 Å². The number of aromatic nitrogens is 2. The standard InChI is InChI=1S/C17H24N4O2S/c1-14-17(13-20(2)19-14)24(22,23)18-11-15-7-6-10-21(12-15)16-8-4-3-5-9-16/h3-5,8-9,13,15,18H,6-7,10-12H2,1-2H3/t15-/m0/s1. The van der Waals surface area contributed by atoms with E-state index in [9.17, 15) is 8.42 Å². The number of piperidine rings is 1. The maximum atomic E-state index is 12.5. The quantitative estimate of drug-likeness (QED) is 0.896. The van der Waals surface area contributed by atoms with Gasteiger partial charge in [-0.25, -0.2) is 13.1 Å². The minimum atomic E-state index is -3.50. The third-order valence-corrected chi connectivity index (χ3v) is 5.99. The SMILES string of the molecule is Cc1nn(C)cc1S(=O)(=O)NC[C@@H]1CCCN(c2ccccc2)C1. The lowest BCUT2D eigenvalue weighted by Gasteiger charge is -2.34. The maximum absolute atomic E-state index is 12.5. The van der Waals surface area contributed by atoms with Crippen LogP contribution >= 0.6 is 0 Å². The van der Waals surface area contributed by atoms with E-state index in [1.54, 1.807) is 20.2 Å². The second kappa shape index (κ2) is 6.94. The second-order valence-electron chi connectivity index (χ2n) is 6.39. The third kappa shape index (κ3) is 3.79. The molecule has 1 N–H and O–H groups in total. The van der Waals surface area contributed by atoms with Crippen LogP contribution < -0.4 is 9.62 Å². The van der Waals surface area contributed by atoms with Crippen molar-refractivity contribution in [1.29, 1.82) is 0 Å². The molecule has 0 amide bonds. The first-order chi connectivity index (χ1) is 11.5. The maximum Gasteiger partial charge on any atom is 0.243 e. The molecule has 2 heterocycles. The van der Waals surface area contributed by atoms with E-state index in [1.807, 2.05) is 18.2 Å². The van der Waals surface area contributed by atoms with E-state index in [2.05, 4.69) is 26.9 Å². The van der Waals surface area contributed by atoms with Crippen LogP contribution in [-0.2, 0) is 17.1 Å². The van der Waals surface area contributed by atoms with Crippen molar-refractivity contribution in [1.82, 2.24) is 14.5 Å². The van der Waals surface area contributed by atoms with Gasteiger partial charge in [-0.05, 0) is 37.8 Å². The van der Waals surface area contributed by atoms with Gasteiger partial charge in [-0.1, -0.05) is 18.2 Å². The molecule has 0 unspecified atom stereocenters. The summed E-state index contributed by atoms with van der Waals surface area (Å²) in [4.78, 5) is 2.60. The number of para-hydroxylation sites is 1. The van der Waals surface area contributed by atoms with Gasteiger partial charge >= 0.3 is 0 Å². The third-order valence-electron chi connectivity index (χ3n) is 4.46. The Bertz CT molecular complexity index is 786. The Morgan fingerprint density at radius 3 is 2.71 bits per heavy atom. The number of aryl methyl sites for hydroxylation is 2. The first-order valence-electron chi connectivity index (χ1n) is 8.25. The normalized spacial score (nSPS) is 18.8. The van der Waals surface area contributed by atoms with E-state index >= 15 is 0 Å². The van der Waals surface area contributed by atoms with E-state index in [4.69, 9.17) is 0 Å². The van der Waals surface area contributed by atoms with Gasteiger partial charge in [0.15, 0.2) is 0 Å². The second-order valence-corrected chi connectivity index (χ2v) is 8.13. The monoisotopic (exact) mass is 348 g/mol. The molecule has 1 aliphatic rings. The molecule has 2 aromatic rings.